The average Bonchev–Trinajstić information content (AvgIpc) is 3.08. The van der Waals surface area contributed by atoms with Crippen LogP contribution < -0.4 is 4.72 Å². The Bertz CT molecular complexity index is 792. The van der Waals surface area contributed by atoms with Crippen molar-refractivity contribution in [2.45, 2.75) is 82.4 Å². The van der Waals surface area contributed by atoms with Crippen LogP contribution in [0.2, 0.25) is 0 Å². The van der Waals surface area contributed by atoms with Crippen LogP contribution in [0, 0.1) is 11.8 Å². The maximum absolute atomic E-state index is 12.7. The topological polar surface area (TPSA) is 83.1 Å². The minimum Gasteiger partial charge on any atom is -0.353 e. The van der Waals surface area contributed by atoms with Gasteiger partial charge in [-0.3, -0.25) is 0 Å². The van der Waals surface area contributed by atoms with Crippen LogP contribution in [0.15, 0.2) is 30.3 Å². The second-order valence-electron chi connectivity index (χ2n) is 9.29. The Morgan fingerprint density at radius 2 is 1.56 bits per heavy atom. The van der Waals surface area contributed by atoms with Crippen LogP contribution >= 0.6 is 0 Å². The second-order valence-corrected chi connectivity index (χ2v) is 11.1. The molecule has 0 amide bonds. The quantitative estimate of drug-likeness (QED) is 0.598. The lowest BCUT2D eigenvalue weighted by Crippen LogP contribution is -2.39. The summed E-state index contributed by atoms with van der Waals surface area (Å²) in [6.45, 7) is 3.93. The van der Waals surface area contributed by atoms with Crippen molar-refractivity contribution in [2.75, 3.05) is 19.8 Å². The molecule has 7 nitrogen and oxygen atoms in total. The van der Waals surface area contributed by atoms with Crippen LogP contribution in [0.4, 0.5) is 0 Å². The zero-order chi connectivity index (χ0) is 22.4. The predicted molar refractivity (Wildman–Crippen MR) is 121 cm³/mol. The molecule has 0 bridgehead atoms. The Hall–Kier alpha value is -1.03. The number of nitrogens with one attached hydrogen (secondary N) is 1. The molecule has 3 fully saturated rings. The van der Waals surface area contributed by atoms with Gasteiger partial charge in [0, 0.05) is 32.1 Å². The molecule has 0 radical (unpaired) electrons. The third-order valence-electron chi connectivity index (χ3n) is 6.87. The van der Waals surface area contributed by atoms with Gasteiger partial charge in [-0.2, -0.15) is 0 Å². The van der Waals surface area contributed by atoms with Gasteiger partial charge in [0.2, 0.25) is 10.0 Å². The Balaban J connectivity index is 1.39. The Labute approximate surface area is 192 Å². The van der Waals surface area contributed by atoms with Gasteiger partial charge < -0.3 is 18.9 Å². The van der Waals surface area contributed by atoms with Gasteiger partial charge in [-0.05, 0) is 50.0 Å². The first-order chi connectivity index (χ1) is 15.5. The minimum absolute atomic E-state index is 0.0136. The number of benzene rings is 1. The smallest absolute Gasteiger partial charge is 0.215 e. The van der Waals surface area contributed by atoms with E-state index in [9.17, 15) is 8.42 Å². The van der Waals surface area contributed by atoms with E-state index in [0.29, 0.717) is 6.54 Å². The van der Waals surface area contributed by atoms with Crippen molar-refractivity contribution in [3.05, 3.63) is 35.9 Å². The zero-order valence-electron chi connectivity index (χ0n) is 19.0. The van der Waals surface area contributed by atoms with Crippen molar-refractivity contribution in [3.8, 4) is 0 Å². The number of hydrogen-bond acceptors (Lipinski definition) is 6. The van der Waals surface area contributed by atoms with Crippen LogP contribution in [-0.2, 0) is 34.7 Å². The molecule has 32 heavy (non-hydrogen) atoms. The fourth-order valence-electron chi connectivity index (χ4n) is 4.98. The van der Waals surface area contributed by atoms with E-state index >= 15 is 0 Å². The Kier molecular flexibility index (Phi) is 8.59. The van der Waals surface area contributed by atoms with Gasteiger partial charge in [0.25, 0.3) is 0 Å². The first-order valence-electron chi connectivity index (χ1n) is 12.1. The molecule has 0 aromatic heterocycles. The van der Waals surface area contributed by atoms with E-state index in [-0.39, 0.29) is 42.4 Å². The largest absolute Gasteiger partial charge is 0.353 e. The first kappa shape index (κ1) is 24.1. The molecule has 1 N–H and O–H groups in total. The summed E-state index contributed by atoms with van der Waals surface area (Å²) in [4.78, 5) is 0. The molecule has 2 saturated heterocycles. The lowest BCUT2D eigenvalue weighted by molar-refractivity contribution is -0.204. The second kappa shape index (κ2) is 11.4. The highest BCUT2D eigenvalue weighted by atomic mass is 32.2. The monoisotopic (exact) mass is 467 g/mol. The van der Waals surface area contributed by atoms with Gasteiger partial charge in [-0.1, -0.05) is 37.3 Å². The molecule has 2 aliphatic heterocycles. The number of sulfonamides is 1. The van der Waals surface area contributed by atoms with E-state index < -0.39 is 10.0 Å². The maximum atomic E-state index is 12.7. The Morgan fingerprint density at radius 3 is 2.16 bits per heavy atom. The molecule has 2 heterocycles. The summed E-state index contributed by atoms with van der Waals surface area (Å²) in [6.07, 6.45) is 6.36. The lowest BCUT2D eigenvalue weighted by atomic mass is 9.95. The SMILES string of the molecule is CC1C(OC2CCCCO2)CC(OC2CCCCO2)C1CNS(=O)(=O)Cc1ccccc1. The molecular weight excluding hydrogens is 430 g/mol. The fraction of sp³-hybridized carbons (Fsp3) is 0.750. The maximum Gasteiger partial charge on any atom is 0.215 e. The molecule has 1 saturated carbocycles. The van der Waals surface area contributed by atoms with E-state index in [1.165, 1.54) is 0 Å². The van der Waals surface area contributed by atoms with Crippen LogP contribution in [0.1, 0.15) is 57.4 Å². The van der Waals surface area contributed by atoms with Gasteiger partial charge in [0.15, 0.2) is 12.6 Å². The minimum atomic E-state index is -3.45. The highest BCUT2D eigenvalue weighted by Crippen LogP contribution is 2.38. The van der Waals surface area contributed by atoms with E-state index in [1.807, 2.05) is 30.3 Å². The molecule has 6 unspecified atom stereocenters. The van der Waals surface area contributed by atoms with E-state index in [4.69, 9.17) is 18.9 Å². The van der Waals surface area contributed by atoms with Crippen LogP contribution in [0.3, 0.4) is 0 Å². The third kappa shape index (κ3) is 6.74. The summed E-state index contributed by atoms with van der Waals surface area (Å²) in [5.41, 5.74) is 0.776. The van der Waals surface area contributed by atoms with Crippen molar-refractivity contribution in [2.24, 2.45) is 11.8 Å². The van der Waals surface area contributed by atoms with Crippen LogP contribution in [0.5, 0.6) is 0 Å². The summed E-state index contributed by atoms with van der Waals surface area (Å²) < 4.78 is 52.6. The first-order valence-corrected chi connectivity index (χ1v) is 13.7. The van der Waals surface area contributed by atoms with Crippen molar-refractivity contribution < 1.29 is 27.4 Å². The van der Waals surface area contributed by atoms with Gasteiger partial charge in [-0.25, -0.2) is 13.1 Å². The molecule has 1 aromatic rings. The molecule has 180 valence electrons. The molecule has 8 heteroatoms. The standard InChI is InChI=1S/C24H37NO6S/c1-18-20(16-25-32(26,27)17-19-9-3-2-4-10-19)22(31-24-12-6-8-14-29-24)15-21(18)30-23-11-5-7-13-28-23/h2-4,9-10,18,20-25H,5-8,11-17H2,1H3. The van der Waals surface area contributed by atoms with Crippen molar-refractivity contribution in [1.29, 1.82) is 0 Å². The molecule has 4 rings (SSSR count). The fourth-order valence-corrected chi connectivity index (χ4v) is 6.16. The van der Waals surface area contributed by atoms with Crippen LogP contribution in [0.25, 0.3) is 0 Å². The normalized spacial score (nSPS) is 33.9. The van der Waals surface area contributed by atoms with Crippen LogP contribution in [-0.4, -0.2) is 53.0 Å². The molecule has 6 atom stereocenters. The van der Waals surface area contributed by atoms with Crippen molar-refractivity contribution in [3.63, 3.8) is 0 Å². The number of hydrogen-bond donors (Lipinski definition) is 1. The summed E-state index contributed by atoms with van der Waals surface area (Å²) >= 11 is 0. The summed E-state index contributed by atoms with van der Waals surface area (Å²) in [6, 6.07) is 9.26. The van der Waals surface area contributed by atoms with E-state index in [1.54, 1.807) is 0 Å². The molecule has 3 aliphatic rings. The predicted octanol–water partition coefficient (Wildman–Crippen LogP) is 3.59. The summed E-state index contributed by atoms with van der Waals surface area (Å²) in [5, 5.41) is 0. The van der Waals surface area contributed by atoms with Crippen molar-refractivity contribution in [1.82, 2.24) is 4.72 Å². The number of ether oxygens (including phenoxy) is 4. The molecular formula is C24H37NO6S. The van der Waals surface area contributed by atoms with Crippen molar-refractivity contribution >= 4 is 10.0 Å². The third-order valence-corrected chi connectivity index (χ3v) is 8.19. The summed E-state index contributed by atoms with van der Waals surface area (Å²) in [5.74, 6) is 0.135. The lowest BCUT2D eigenvalue weighted by Gasteiger charge is -2.30. The zero-order valence-corrected chi connectivity index (χ0v) is 19.8. The number of rotatable bonds is 9. The summed E-state index contributed by atoms with van der Waals surface area (Å²) in [7, 11) is -3.45. The van der Waals surface area contributed by atoms with Gasteiger partial charge in [0.05, 0.1) is 18.0 Å². The van der Waals surface area contributed by atoms with Gasteiger partial charge >= 0.3 is 0 Å². The van der Waals surface area contributed by atoms with Gasteiger partial charge in [-0.15, -0.1) is 0 Å². The molecule has 1 aliphatic carbocycles. The molecule has 0 spiro atoms. The van der Waals surface area contributed by atoms with E-state index in [2.05, 4.69) is 11.6 Å². The van der Waals surface area contributed by atoms with Gasteiger partial charge in [0.1, 0.15) is 0 Å². The highest BCUT2D eigenvalue weighted by molar-refractivity contribution is 7.88. The average molecular weight is 468 g/mol. The van der Waals surface area contributed by atoms with E-state index in [0.717, 1.165) is 63.7 Å². The Morgan fingerprint density at radius 1 is 0.938 bits per heavy atom. The highest BCUT2D eigenvalue weighted by Gasteiger charge is 2.44. The molecule has 1 aromatic carbocycles.